The van der Waals surface area contributed by atoms with Crippen molar-refractivity contribution in [2.24, 2.45) is 0 Å². The summed E-state index contributed by atoms with van der Waals surface area (Å²) in [6.45, 7) is 0. The fourth-order valence-electron chi connectivity index (χ4n) is 1.53. The molecule has 2 N–H and O–H groups in total. The van der Waals surface area contributed by atoms with Crippen LogP contribution in [0.2, 0.25) is 0 Å². The maximum absolute atomic E-state index is 13.0. The Balaban J connectivity index is 2.29. The zero-order valence-corrected chi connectivity index (χ0v) is 9.80. The summed E-state index contributed by atoms with van der Waals surface area (Å²) in [5.41, 5.74) is 5.71. The minimum Gasteiger partial charge on any atom is -0.396 e. The van der Waals surface area contributed by atoms with Crippen molar-refractivity contribution >= 4 is 17.4 Å². The van der Waals surface area contributed by atoms with Crippen molar-refractivity contribution in [3.05, 3.63) is 54.0 Å². The van der Waals surface area contributed by atoms with Gasteiger partial charge in [0.25, 0.3) is 5.91 Å². The van der Waals surface area contributed by atoms with Crippen LogP contribution in [0.25, 0.3) is 0 Å². The number of nitrogens with two attached hydrogens (primary N) is 1. The molecule has 0 saturated carbocycles. The van der Waals surface area contributed by atoms with Crippen molar-refractivity contribution in [2.45, 2.75) is 0 Å². The lowest BCUT2D eigenvalue weighted by molar-refractivity contribution is 0.0992. The van der Waals surface area contributed by atoms with Gasteiger partial charge >= 0.3 is 0 Å². The Morgan fingerprint density at radius 2 is 2.11 bits per heavy atom. The fourth-order valence-corrected chi connectivity index (χ4v) is 1.53. The first-order valence-electron chi connectivity index (χ1n) is 5.33. The highest BCUT2D eigenvalue weighted by molar-refractivity contribution is 6.05. The molecule has 0 bridgehead atoms. The lowest BCUT2D eigenvalue weighted by Gasteiger charge is -2.16. The van der Waals surface area contributed by atoms with E-state index in [4.69, 9.17) is 5.73 Å². The van der Waals surface area contributed by atoms with E-state index >= 15 is 0 Å². The number of benzene rings is 1. The quantitative estimate of drug-likeness (QED) is 0.824. The van der Waals surface area contributed by atoms with E-state index in [9.17, 15) is 9.18 Å². The van der Waals surface area contributed by atoms with Gasteiger partial charge in [0.1, 0.15) is 11.6 Å². The third-order valence-electron chi connectivity index (χ3n) is 2.54. The summed E-state index contributed by atoms with van der Waals surface area (Å²) in [5.74, 6) is -0.308. The number of anilines is 2. The van der Waals surface area contributed by atoms with Crippen LogP contribution in [0.5, 0.6) is 0 Å². The molecule has 0 spiro atoms. The molecule has 92 valence electrons. The topological polar surface area (TPSA) is 59.2 Å². The number of nitrogen functional groups attached to an aromatic ring is 1. The van der Waals surface area contributed by atoms with Gasteiger partial charge in [0.05, 0.1) is 5.69 Å². The van der Waals surface area contributed by atoms with Crippen molar-refractivity contribution in [3.8, 4) is 0 Å². The molecule has 0 saturated heterocycles. The van der Waals surface area contributed by atoms with Crippen LogP contribution < -0.4 is 10.6 Å². The van der Waals surface area contributed by atoms with Crippen molar-refractivity contribution in [1.82, 2.24) is 4.98 Å². The second-order valence-electron chi connectivity index (χ2n) is 3.79. The Labute approximate surface area is 104 Å². The summed E-state index contributed by atoms with van der Waals surface area (Å²) in [7, 11) is 1.60. The first-order valence-corrected chi connectivity index (χ1v) is 5.33. The van der Waals surface area contributed by atoms with Gasteiger partial charge in [0, 0.05) is 18.8 Å². The minimum atomic E-state index is -0.535. The number of hydrogen-bond acceptors (Lipinski definition) is 3. The largest absolute Gasteiger partial charge is 0.396 e. The summed E-state index contributed by atoms with van der Waals surface area (Å²) >= 11 is 0. The van der Waals surface area contributed by atoms with Crippen molar-refractivity contribution < 1.29 is 9.18 Å². The van der Waals surface area contributed by atoms with Crippen LogP contribution in [0.1, 0.15) is 10.4 Å². The minimum absolute atomic E-state index is 0.0460. The molecule has 4 nitrogen and oxygen atoms in total. The van der Waals surface area contributed by atoms with Gasteiger partial charge < -0.3 is 5.73 Å². The van der Waals surface area contributed by atoms with Gasteiger partial charge in [-0.2, -0.15) is 0 Å². The molecule has 1 aromatic heterocycles. The lowest BCUT2D eigenvalue weighted by Crippen LogP contribution is -2.27. The third kappa shape index (κ3) is 2.29. The van der Waals surface area contributed by atoms with Crippen molar-refractivity contribution in [1.29, 1.82) is 0 Å². The van der Waals surface area contributed by atoms with Gasteiger partial charge in [0.15, 0.2) is 0 Å². The molecule has 0 aliphatic rings. The van der Waals surface area contributed by atoms with Gasteiger partial charge in [-0.25, -0.2) is 9.37 Å². The van der Waals surface area contributed by atoms with Crippen LogP contribution in [-0.4, -0.2) is 17.9 Å². The van der Waals surface area contributed by atoms with Crippen LogP contribution in [0.3, 0.4) is 0 Å². The van der Waals surface area contributed by atoms with E-state index in [0.717, 1.165) is 0 Å². The number of halogens is 1. The molecule has 5 heteroatoms. The molecular formula is C13H12FN3O. The Hall–Kier alpha value is -2.43. The number of nitrogens with zero attached hydrogens (tertiary/aromatic N) is 2. The van der Waals surface area contributed by atoms with Crippen molar-refractivity contribution in [2.75, 3.05) is 17.7 Å². The van der Waals surface area contributed by atoms with Crippen LogP contribution in [0, 0.1) is 5.82 Å². The number of pyridine rings is 1. The Kier molecular flexibility index (Phi) is 3.23. The third-order valence-corrected chi connectivity index (χ3v) is 2.54. The number of amides is 1. The Morgan fingerprint density at radius 3 is 2.72 bits per heavy atom. The van der Waals surface area contributed by atoms with E-state index in [1.807, 2.05) is 0 Å². The van der Waals surface area contributed by atoms with Crippen LogP contribution in [0.15, 0.2) is 42.6 Å². The van der Waals surface area contributed by atoms with Gasteiger partial charge in [-0.15, -0.1) is 0 Å². The second-order valence-corrected chi connectivity index (χ2v) is 3.79. The molecule has 2 rings (SSSR count). The molecule has 1 aromatic carbocycles. The van der Waals surface area contributed by atoms with Crippen LogP contribution in [-0.2, 0) is 0 Å². The SMILES string of the molecule is CN(C(=O)c1ccc(F)c(N)c1)c1ccccn1. The zero-order valence-electron chi connectivity index (χ0n) is 9.80. The Morgan fingerprint density at radius 1 is 1.33 bits per heavy atom. The van der Waals surface area contributed by atoms with Crippen LogP contribution in [0.4, 0.5) is 15.9 Å². The number of carbonyl (C=O) groups is 1. The molecule has 1 heterocycles. The number of carbonyl (C=O) groups excluding carboxylic acids is 1. The first kappa shape index (κ1) is 12.0. The van der Waals surface area contributed by atoms with Gasteiger partial charge in [-0.05, 0) is 30.3 Å². The summed E-state index contributed by atoms with van der Waals surface area (Å²) in [6, 6.07) is 9.15. The zero-order chi connectivity index (χ0) is 13.1. The van der Waals surface area contributed by atoms with Crippen LogP contribution >= 0.6 is 0 Å². The number of hydrogen-bond donors (Lipinski definition) is 1. The maximum atomic E-state index is 13.0. The number of rotatable bonds is 2. The van der Waals surface area contributed by atoms with Crippen molar-refractivity contribution in [3.63, 3.8) is 0 Å². The molecule has 1 amide bonds. The monoisotopic (exact) mass is 245 g/mol. The summed E-state index contributed by atoms with van der Waals surface area (Å²) in [4.78, 5) is 17.6. The van der Waals surface area contributed by atoms with E-state index in [0.29, 0.717) is 11.4 Å². The molecule has 0 aliphatic carbocycles. The molecule has 0 radical (unpaired) electrons. The summed E-state index contributed by atoms with van der Waals surface area (Å²) < 4.78 is 13.0. The standard InChI is InChI=1S/C13H12FN3O/c1-17(12-4-2-3-7-16-12)13(18)9-5-6-10(14)11(15)8-9/h2-8H,15H2,1H3. The number of aromatic nitrogens is 1. The molecule has 0 unspecified atom stereocenters. The summed E-state index contributed by atoms with van der Waals surface area (Å²) in [5, 5.41) is 0. The second kappa shape index (κ2) is 4.83. The highest BCUT2D eigenvalue weighted by atomic mass is 19.1. The van der Waals surface area contributed by atoms with E-state index in [2.05, 4.69) is 4.98 Å². The van der Waals surface area contributed by atoms with Gasteiger partial charge in [0.2, 0.25) is 0 Å². The van der Waals surface area contributed by atoms with E-state index in [1.54, 1.807) is 31.4 Å². The molecule has 2 aromatic rings. The predicted octanol–water partition coefficient (Wildman–Crippen LogP) is 2.08. The molecule has 0 aliphatic heterocycles. The average molecular weight is 245 g/mol. The smallest absolute Gasteiger partial charge is 0.259 e. The highest BCUT2D eigenvalue weighted by Gasteiger charge is 2.15. The predicted molar refractivity (Wildman–Crippen MR) is 67.8 cm³/mol. The normalized spacial score (nSPS) is 10.1. The summed E-state index contributed by atoms with van der Waals surface area (Å²) in [6.07, 6.45) is 1.60. The Bertz CT molecular complexity index is 572. The van der Waals surface area contributed by atoms with E-state index in [1.165, 1.54) is 23.1 Å². The van der Waals surface area contributed by atoms with E-state index in [-0.39, 0.29) is 11.6 Å². The molecule has 0 atom stereocenters. The molecule has 18 heavy (non-hydrogen) atoms. The highest BCUT2D eigenvalue weighted by Crippen LogP contribution is 2.16. The average Bonchev–Trinajstić information content (AvgIpc) is 2.41. The van der Waals surface area contributed by atoms with Gasteiger partial charge in [-0.3, -0.25) is 9.69 Å². The lowest BCUT2D eigenvalue weighted by atomic mass is 10.1. The van der Waals surface area contributed by atoms with Gasteiger partial charge in [-0.1, -0.05) is 6.07 Å². The fraction of sp³-hybridized carbons (Fsp3) is 0.0769. The molecule has 0 fully saturated rings. The molecular weight excluding hydrogens is 233 g/mol. The van der Waals surface area contributed by atoms with E-state index < -0.39 is 5.82 Å². The maximum Gasteiger partial charge on any atom is 0.259 e. The first-order chi connectivity index (χ1) is 8.59.